The van der Waals surface area contributed by atoms with E-state index in [1.807, 2.05) is 6.20 Å². The number of aromatic nitrogens is 2. The van der Waals surface area contributed by atoms with Crippen LogP contribution in [0.25, 0.3) is 0 Å². The van der Waals surface area contributed by atoms with Crippen molar-refractivity contribution >= 4 is 0 Å². The average Bonchev–Trinajstić information content (AvgIpc) is 2.63. The van der Waals surface area contributed by atoms with Crippen LogP contribution in [0.4, 0.5) is 0 Å². The Morgan fingerprint density at radius 2 is 2.31 bits per heavy atom. The van der Waals surface area contributed by atoms with Gasteiger partial charge in [-0.2, -0.15) is 0 Å². The molecule has 1 N–H and O–H groups in total. The number of nitrogens with zero attached hydrogens (tertiary/aromatic N) is 2. The van der Waals surface area contributed by atoms with Crippen molar-refractivity contribution in [1.29, 1.82) is 0 Å². The van der Waals surface area contributed by atoms with Crippen LogP contribution >= 0.6 is 0 Å². The molecule has 90 valence electrons. The molecule has 1 aromatic heterocycles. The monoisotopic (exact) mass is 221 g/mol. The summed E-state index contributed by atoms with van der Waals surface area (Å²) >= 11 is 0. The summed E-state index contributed by atoms with van der Waals surface area (Å²) < 4.78 is 2.24. The second-order valence-electron chi connectivity index (χ2n) is 5.56. The highest BCUT2D eigenvalue weighted by atomic mass is 15.1. The Morgan fingerprint density at radius 1 is 1.56 bits per heavy atom. The number of aryl methyl sites for hydroxylation is 1. The van der Waals surface area contributed by atoms with E-state index in [1.165, 1.54) is 18.7 Å². The fourth-order valence-corrected chi connectivity index (χ4v) is 2.23. The Balaban J connectivity index is 1.75. The highest BCUT2D eigenvalue weighted by Gasteiger charge is 2.44. The summed E-state index contributed by atoms with van der Waals surface area (Å²) in [5.74, 6) is 2.03. The summed E-state index contributed by atoms with van der Waals surface area (Å²) in [6, 6.07) is 0. The molecule has 1 unspecified atom stereocenters. The zero-order valence-corrected chi connectivity index (χ0v) is 10.7. The standard InChI is InChI=1S/C13H23N3/c1-4-6-16-7-5-15-12(16)10-14-9-11-8-13(11,2)3/h5,7,11,14H,4,6,8-10H2,1-3H3. The van der Waals surface area contributed by atoms with Crippen LogP contribution in [0, 0.1) is 11.3 Å². The summed E-state index contributed by atoms with van der Waals surface area (Å²) in [5.41, 5.74) is 0.575. The van der Waals surface area contributed by atoms with Crippen molar-refractivity contribution in [3.63, 3.8) is 0 Å². The van der Waals surface area contributed by atoms with Gasteiger partial charge >= 0.3 is 0 Å². The van der Waals surface area contributed by atoms with Gasteiger partial charge in [-0.25, -0.2) is 4.98 Å². The molecule has 3 heteroatoms. The first kappa shape index (κ1) is 11.6. The minimum atomic E-state index is 0.575. The molecule has 2 rings (SSSR count). The number of nitrogens with one attached hydrogen (secondary N) is 1. The number of hydrogen-bond acceptors (Lipinski definition) is 2. The molecule has 0 radical (unpaired) electrons. The van der Waals surface area contributed by atoms with Gasteiger partial charge in [-0.3, -0.25) is 0 Å². The predicted molar refractivity (Wildman–Crippen MR) is 66.1 cm³/mol. The van der Waals surface area contributed by atoms with E-state index in [4.69, 9.17) is 0 Å². The van der Waals surface area contributed by atoms with Crippen LogP contribution in [0.3, 0.4) is 0 Å². The maximum absolute atomic E-state index is 4.39. The zero-order valence-electron chi connectivity index (χ0n) is 10.7. The predicted octanol–water partition coefficient (Wildman–Crippen LogP) is 2.43. The summed E-state index contributed by atoms with van der Waals surface area (Å²) in [6.45, 7) is 10.00. The van der Waals surface area contributed by atoms with Gasteiger partial charge in [-0.1, -0.05) is 20.8 Å². The Bertz CT molecular complexity index is 341. The van der Waals surface area contributed by atoms with Gasteiger partial charge in [0.25, 0.3) is 0 Å². The van der Waals surface area contributed by atoms with Gasteiger partial charge in [-0.15, -0.1) is 0 Å². The topological polar surface area (TPSA) is 29.9 Å². The molecule has 0 aromatic carbocycles. The van der Waals surface area contributed by atoms with E-state index in [0.717, 1.165) is 25.6 Å². The molecule has 1 aromatic rings. The Kier molecular flexibility index (Phi) is 3.33. The normalized spacial score (nSPS) is 22.3. The fraction of sp³-hybridized carbons (Fsp3) is 0.769. The van der Waals surface area contributed by atoms with E-state index < -0.39 is 0 Å². The lowest BCUT2D eigenvalue weighted by Gasteiger charge is -2.08. The molecule has 1 aliphatic rings. The lowest BCUT2D eigenvalue weighted by Crippen LogP contribution is -2.20. The molecule has 3 nitrogen and oxygen atoms in total. The Morgan fingerprint density at radius 3 is 2.94 bits per heavy atom. The van der Waals surface area contributed by atoms with Gasteiger partial charge in [0.1, 0.15) is 5.82 Å². The third-order valence-electron chi connectivity index (χ3n) is 3.66. The van der Waals surface area contributed by atoms with Gasteiger partial charge in [0, 0.05) is 18.9 Å². The van der Waals surface area contributed by atoms with Crippen molar-refractivity contribution in [1.82, 2.24) is 14.9 Å². The van der Waals surface area contributed by atoms with Gasteiger partial charge < -0.3 is 9.88 Å². The van der Waals surface area contributed by atoms with Gasteiger partial charge in [0.05, 0.1) is 6.54 Å². The maximum atomic E-state index is 4.39. The lowest BCUT2D eigenvalue weighted by molar-refractivity contribution is 0.506. The first-order valence-corrected chi connectivity index (χ1v) is 6.34. The summed E-state index contributed by atoms with van der Waals surface area (Å²) in [5, 5.41) is 3.52. The highest BCUT2D eigenvalue weighted by Crippen LogP contribution is 2.50. The fourth-order valence-electron chi connectivity index (χ4n) is 2.23. The van der Waals surface area contributed by atoms with Gasteiger partial charge in [0.15, 0.2) is 0 Å². The first-order chi connectivity index (χ1) is 7.63. The minimum absolute atomic E-state index is 0.575. The molecule has 16 heavy (non-hydrogen) atoms. The van der Waals surface area contributed by atoms with Crippen LogP contribution < -0.4 is 5.32 Å². The van der Waals surface area contributed by atoms with E-state index in [1.54, 1.807) is 0 Å². The molecule has 1 heterocycles. The number of imidazole rings is 1. The number of rotatable bonds is 6. The molecule has 0 aliphatic heterocycles. The molecule has 0 amide bonds. The maximum Gasteiger partial charge on any atom is 0.122 e. The summed E-state index contributed by atoms with van der Waals surface area (Å²) in [7, 11) is 0. The molecular formula is C13H23N3. The smallest absolute Gasteiger partial charge is 0.122 e. The second kappa shape index (κ2) is 4.58. The highest BCUT2D eigenvalue weighted by molar-refractivity contribution is 4.97. The Hall–Kier alpha value is -0.830. The molecule has 1 saturated carbocycles. The third-order valence-corrected chi connectivity index (χ3v) is 3.66. The van der Waals surface area contributed by atoms with Crippen molar-refractivity contribution in [2.75, 3.05) is 6.54 Å². The molecule has 1 fully saturated rings. The van der Waals surface area contributed by atoms with E-state index in [9.17, 15) is 0 Å². The molecule has 0 spiro atoms. The van der Waals surface area contributed by atoms with Gasteiger partial charge in [0.2, 0.25) is 0 Å². The molecule has 0 saturated heterocycles. The van der Waals surface area contributed by atoms with Crippen LogP contribution in [0.15, 0.2) is 12.4 Å². The largest absolute Gasteiger partial charge is 0.334 e. The van der Waals surface area contributed by atoms with E-state index in [0.29, 0.717) is 5.41 Å². The molecular weight excluding hydrogens is 198 g/mol. The molecule has 0 bridgehead atoms. The van der Waals surface area contributed by atoms with Crippen LogP contribution in [0.1, 0.15) is 39.4 Å². The molecule has 1 atom stereocenters. The van der Waals surface area contributed by atoms with E-state index in [-0.39, 0.29) is 0 Å². The van der Waals surface area contributed by atoms with Crippen molar-refractivity contribution in [2.45, 2.75) is 46.7 Å². The van der Waals surface area contributed by atoms with Crippen molar-refractivity contribution in [3.8, 4) is 0 Å². The Labute approximate surface area is 98.3 Å². The quantitative estimate of drug-likeness (QED) is 0.799. The van der Waals surface area contributed by atoms with Crippen molar-refractivity contribution in [3.05, 3.63) is 18.2 Å². The summed E-state index contributed by atoms with van der Waals surface area (Å²) in [6.07, 6.45) is 6.50. The van der Waals surface area contributed by atoms with Crippen molar-refractivity contribution in [2.24, 2.45) is 11.3 Å². The molecule has 1 aliphatic carbocycles. The van der Waals surface area contributed by atoms with E-state index in [2.05, 4.69) is 41.8 Å². The third kappa shape index (κ3) is 2.64. The average molecular weight is 221 g/mol. The van der Waals surface area contributed by atoms with Crippen LogP contribution in [-0.4, -0.2) is 16.1 Å². The second-order valence-corrected chi connectivity index (χ2v) is 5.56. The van der Waals surface area contributed by atoms with Gasteiger partial charge in [-0.05, 0) is 30.7 Å². The minimum Gasteiger partial charge on any atom is -0.334 e. The summed E-state index contributed by atoms with van der Waals surface area (Å²) in [4.78, 5) is 4.39. The van der Waals surface area contributed by atoms with Crippen LogP contribution in [0.5, 0.6) is 0 Å². The lowest BCUT2D eigenvalue weighted by atomic mass is 10.1. The number of hydrogen-bond donors (Lipinski definition) is 1. The first-order valence-electron chi connectivity index (χ1n) is 6.34. The van der Waals surface area contributed by atoms with Crippen molar-refractivity contribution < 1.29 is 0 Å². The van der Waals surface area contributed by atoms with Crippen LogP contribution in [-0.2, 0) is 13.1 Å². The van der Waals surface area contributed by atoms with E-state index >= 15 is 0 Å². The zero-order chi connectivity index (χ0) is 11.6. The van der Waals surface area contributed by atoms with Crippen LogP contribution in [0.2, 0.25) is 0 Å². The SMILES string of the molecule is CCCn1ccnc1CNCC1CC1(C)C.